The average molecular weight is 353 g/mol. The van der Waals surface area contributed by atoms with Gasteiger partial charge in [0.15, 0.2) is 0 Å². The lowest BCUT2D eigenvalue weighted by molar-refractivity contribution is -0.120. The molecule has 1 amide bonds. The summed E-state index contributed by atoms with van der Waals surface area (Å²) in [5.41, 5.74) is 0.924. The van der Waals surface area contributed by atoms with Gasteiger partial charge in [0.2, 0.25) is 5.91 Å². The Hall–Kier alpha value is -1.98. The third kappa shape index (κ3) is 4.76. The van der Waals surface area contributed by atoms with Gasteiger partial charge in [-0.05, 0) is 43.9 Å². The van der Waals surface area contributed by atoms with E-state index in [1.807, 2.05) is 19.0 Å². The molecule has 0 aliphatic rings. The topological polar surface area (TPSA) is 32.3 Å². The predicted octanol–water partition coefficient (Wildman–Crippen LogP) is 3.58. The van der Waals surface area contributed by atoms with E-state index in [1.54, 1.807) is 18.2 Å². The third-order valence-corrected chi connectivity index (χ3v) is 4.10. The first kappa shape index (κ1) is 18.4. The van der Waals surface area contributed by atoms with Crippen molar-refractivity contribution in [1.82, 2.24) is 10.2 Å². The number of amides is 1. The Labute approximate surface area is 145 Å². The summed E-state index contributed by atoms with van der Waals surface area (Å²) in [5, 5.41) is 2.98. The van der Waals surface area contributed by atoms with Crippen LogP contribution in [0.5, 0.6) is 0 Å². The molecular formula is C18H19ClF2N2O. The highest BCUT2D eigenvalue weighted by atomic mass is 35.5. The summed E-state index contributed by atoms with van der Waals surface area (Å²) in [6.45, 7) is 0.279. The second kappa shape index (κ2) is 8.22. The van der Waals surface area contributed by atoms with Crippen LogP contribution in [0, 0.1) is 11.6 Å². The summed E-state index contributed by atoms with van der Waals surface area (Å²) < 4.78 is 27.1. The maximum atomic E-state index is 13.7. The summed E-state index contributed by atoms with van der Waals surface area (Å²) in [6.07, 6.45) is -0.144. The van der Waals surface area contributed by atoms with Crippen molar-refractivity contribution in [1.29, 1.82) is 0 Å². The van der Waals surface area contributed by atoms with Crippen LogP contribution in [-0.4, -0.2) is 31.4 Å². The van der Waals surface area contributed by atoms with Gasteiger partial charge in [0, 0.05) is 17.1 Å². The molecule has 0 radical (unpaired) electrons. The van der Waals surface area contributed by atoms with Crippen LogP contribution in [0.3, 0.4) is 0 Å². The quantitative estimate of drug-likeness (QED) is 0.861. The molecule has 2 aromatic rings. The maximum absolute atomic E-state index is 13.7. The van der Waals surface area contributed by atoms with Gasteiger partial charge in [-0.15, -0.1) is 0 Å². The molecular weight excluding hydrogens is 334 g/mol. The van der Waals surface area contributed by atoms with Crippen LogP contribution < -0.4 is 5.32 Å². The first-order valence-corrected chi connectivity index (χ1v) is 7.87. The second-order valence-electron chi connectivity index (χ2n) is 5.72. The largest absolute Gasteiger partial charge is 0.354 e. The van der Waals surface area contributed by atoms with Crippen LogP contribution in [-0.2, 0) is 11.2 Å². The monoisotopic (exact) mass is 352 g/mol. The highest BCUT2D eigenvalue weighted by Gasteiger charge is 2.17. The molecule has 0 fully saturated rings. The minimum absolute atomic E-state index is 0.144. The number of carbonyl (C=O) groups excluding carboxylic acids is 1. The zero-order valence-electron chi connectivity index (χ0n) is 13.5. The van der Waals surface area contributed by atoms with E-state index < -0.39 is 5.82 Å². The summed E-state index contributed by atoms with van der Waals surface area (Å²) in [5.74, 6) is -1.18. The molecule has 6 heteroatoms. The van der Waals surface area contributed by atoms with Gasteiger partial charge in [0.05, 0.1) is 12.5 Å². The van der Waals surface area contributed by atoms with Crippen molar-refractivity contribution in [2.45, 2.75) is 12.5 Å². The molecule has 1 atom stereocenters. The van der Waals surface area contributed by atoms with Crippen LogP contribution in [0.1, 0.15) is 17.2 Å². The normalized spacial score (nSPS) is 12.2. The molecule has 128 valence electrons. The number of nitrogens with zero attached hydrogens (tertiary/aromatic N) is 1. The van der Waals surface area contributed by atoms with E-state index in [-0.39, 0.29) is 41.3 Å². The molecule has 0 saturated heterocycles. The predicted molar refractivity (Wildman–Crippen MR) is 91.0 cm³/mol. The second-order valence-corrected chi connectivity index (χ2v) is 6.12. The zero-order valence-corrected chi connectivity index (χ0v) is 14.3. The van der Waals surface area contributed by atoms with Crippen molar-refractivity contribution in [3.63, 3.8) is 0 Å². The summed E-state index contributed by atoms with van der Waals surface area (Å²) >= 11 is 5.93. The van der Waals surface area contributed by atoms with Crippen LogP contribution >= 0.6 is 11.6 Å². The van der Waals surface area contributed by atoms with Crippen LogP contribution in [0.15, 0.2) is 42.5 Å². The van der Waals surface area contributed by atoms with E-state index in [2.05, 4.69) is 5.32 Å². The van der Waals surface area contributed by atoms with Gasteiger partial charge < -0.3 is 10.2 Å². The van der Waals surface area contributed by atoms with Crippen molar-refractivity contribution in [2.75, 3.05) is 20.6 Å². The van der Waals surface area contributed by atoms with E-state index in [0.717, 1.165) is 5.56 Å². The van der Waals surface area contributed by atoms with Crippen LogP contribution in [0.25, 0.3) is 0 Å². The maximum Gasteiger partial charge on any atom is 0.224 e. The molecule has 1 unspecified atom stereocenters. The average Bonchev–Trinajstić information content (AvgIpc) is 2.51. The smallest absolute Gasteiger partial charge is 0.224 e. The highest BCUT2D eigenvalue weighted by Crippen LogP contribution is 2.20. The van der Waals surface area contributed by atoms with Gasteiger partial charge >= 0.3 is 0 Å². The fraction of sp³-hybridized carbons (Fsp3) is 0.278. The molecule has 3 nitrogen and oxygen atoms in total. The van der Waals surface area contributed by atoms with Gasteiger partial charge in [-0.25, -0.2) is 8.78 Å². The van der Waals surface area contributed by atoms with Gasteiger partial charge in [0.25, 0.3) is 0 Å². The Morgan fingerprint density at radius 1 is 1.21 bits per heavy atom. The zero-order chi connectivity index (χ0) is 17.7. The molecule has 1 N–H and O–H groups in total. The number of likely N-dealkylation sites (N-methyl/N-ethyl adjacent to an activating group) is 1. The van der Waals surface area contributed by atoms with Crippen molar-refractivity contribution >= 4 is 17.5 Å². The summed E-state index contributed by atoms with van der Waals surface area (Å²) in [4.78, 5) is 14.0. The van der Waals surface area contributed by atoms with E-state index in [4.69, 9.17) is 11.6 Å². The minimum atomic E-state index is -0.507. The van der Waals surface area contributed by atoms with Crippen molar-refractivity contribution < 1.29 is 13.6 Å². The van der Waals surface area contributed by atoms with Gasteiger partial charge in [-0.2, -0.15) is 0 Å². The molecule has 2 aromatic carbocycles. The van der Waals surface area contributed by atoms with E-state index in [9.17, 15) is 13.6 Å². The highest BCUT2D eigenvalue weighted by molar-refractivity contribution is 6.31. The Bertz CT molecular complexity index is 702. The molecule has 0 aromatic heterocycles. The molecule has 2 rings (SSSR count). The number of hydrogen-bond acceptors (Lipinski definition) is 2. The summed E-state index contributed by atoms with van der Waals surface area (Å²) in [7, 11) is 3.69. The molecule has 0 aliphatic heterocycles. The fourth-order valence-corrected chi connectivity index (χ4v) is 2.68. The first-order chi connectivity index (χ1) is 11.4. The Balaban J connectivity index is 2.03. The third-order valence-electron chi connectivity index (χ3n) is 3.75. The number of nitrogens with one attached hydrogen (secondary N) is 1. The molecule has 0 saturated carbocycles. The molecule has 0 aliphatic carbocycles. The Kier molecular flexibility index (Phi) is 6.29. The van der Waals surface area contributed by atoms with Crippen molar-refractivity contribution in [3.8, 4) is 0 Å². The minimum Gasteiger partial charge on any atom is -0.354 e. The van der Waals surface area contributed by atoms with Crippen molar-refractivity contribution in [2.24, 2.45) is 0 Å². The Morgan fingerprint density at radius 3 is 2.54 bits per heavy atom. The lowest BCUT2D eigenvalue weighted by atomic mass is 10.1. The summed E-state index contributed by atoms with van der Waals surface area (Å²) in [6, 6.07) is 10.3. The van der Waals surface area contributed by atoms with Crippen molar-refractivity contribution in [3.05, 3.63) is 70.2 Å². The van der Waals surface area contributed by atoms with Gasteiger partial charge in [-0.1, -0.05) is 29.8 Å². The number of rotatable bonds is 6. The number of hydrogen-bond donors (Lipinski definition) is 1. The number of benzene rings is 2. The van der Waals surface area contributed by atoms with E-state index in [1.165, 1.54) is 24.3 Å². The lowest BCUT2D eigenvalue weighted by Crippen LogP contribution is -2.35. The van der Waals surface area contributed by atoms with Crippen LogP contribution in [0.2, 0.25) is 5.02 Å². The SMILES string of the molecule is CN(C)C(CNC(=O)Cc1c(F)cccc1Cl)c1cccc(F)c1. The number of carbonyl (C=O) groups is 1. The standard InChI is InChI=1S/C18H19ClF2N2O/c1-23(2)17(12-5-3-6-13(20)9-12)11-22-18(24)10-14-15(19)7-4-8-16(14)21/h3-9,17H,10-11H2,1-2H3,(H,22,24). The fourth-order valence-electron chi connectivity index (χ4n) is 2.45. The molecule has 0 bridgehead atoms. The lowest BCUT2D eigenvalue weighted by Gasteiger charge is -2.25. The van der Waals surface area contributed by atoms with Crippen LogP contribution in [0.4, 0.5) is 8.78 Å². The Morgan fingerprint density at radius 2 is 1.92 bits per heavy atom. The first-order valence-electron chi connectivity index (χ1n) is 7.50. The molecule has 0 heterocycles. The number of halogens is 3. The van der Waals surface area contributed by atoms with Gasteiger partial charge in [-0.3, -0.25) is 4.79 Å². The molecule has 24 heavy (non-hydrogen) atoms. The van der Waals surface area contributed by atoms with E-state index in [0.29, 0.717) is 0 Å². The molecule has 0 spiro atoms. The van der Waals surface area contributed by atoms with Gasteiger partial charge in [0.1, 0.15) is 11.6 Å². The van der Waals surface area contributed by atoms with E-state index >= 15 is 0 Å².